The third-order valence-corrected chi connectivity index (χ3v) is 10.7. The molecule has 1 aromatic carbocycles. The van der Waals surface area contributed by atoms with E-state index in [0.717, 1.165) is 81.3 Å². The fourth-order valence-corrected chi connectivity index (χ4v) is 9.47. The molecule has 0 unspecified atom stereocenters. The maximum absolute atomic E-state index is 14.5. The molecule has 5 saturated carbocycles. The second-order valence-electron chi connectivity index (χ2n) is 12.9. The number of carbonyl (C=O) groups excluding carboxylic acids is 2. The number of hydrogen-bond acceptors (Lipinski definition) is 3. The van der Waals surface area contributed by atoms with Gasteiger partial charge in [0.05, 0.1) is 12.8 Å². The molecule has 1 aromatic heterocycles. The van der Waals surface area contributed by atoms with E-state index >= 15 is 0 Å². The number of rotatable bonds is 6. The van der Waals surface area contributed by atoms with Crippen molar-refractivity contribution in [2.24, 2.45) is 29.6 Å². The van der Waals surface area contributed by atoms with Crippen LogP contribution in [0.4, 0.5) is 0 Å². The van der Waals surface area contributed by atoms with Crippen molar-refractivity contribution in [1.82, 2.24) is 10.2 Å². The van der Waals surface area contributed by atoms with Crippen LogP contribution in [0.5, 0.6) is 0 Å². The quantitative estimate of drug-likeness (QED) is 0.566. The van der Waals surface area contributed by atoms with E-state index in [2.05, 4.69) is 29.6 Å². The molecule has 5 heteroatoms. The molecule has 6 aliphatic rings. The van der Waals surface area contributed by atoms with E-state index in [1.54, 1.807) is 11.2 Å². The summed E-state index contributed by atoms with van der Waals surface area (Å²) in [6.07, 6.45) is 14.5. The SMILES string of the molecule is O=CN(Cc1ccco1)[C@]1(C(=O)NC23CC4CC(CC(C4)C2)C3)CC[C@H]2Cc3ccccc3C[C@H]2C1. The minimum atomic E-state index is -0.814. The van der Waals surface area contributed by atoms with Crippen molar-refractivity contribution >= 4 is 12.3 Å². The molecule has 1 heterocycles. The second-order valence-corrected chi connectivity index (χ2v) is 12.9. The number of nitrogens with one attached hydrogen (secondary N) is 1. The van der Waals surface area contributed by atoms with E-state index in [9.17, 15) is 9.59 Å². The highest BCUT2D eigenvalue weighted by Gasteiger charge is 2.56. The topological polar surface area (TPSA) is 62.6 Å². The summed E-state index contributed by atoms with van der Waals surface area (Å²) in [5, 5.41) is 3.67. The maximum atomic E-state index is 14.5. The van der Waals surface area contributed by atoms with Crippen LogP contribution < -0.4 is 5.32 Å². The zero-order valence-corrected chi connectivity index (χ0v) is 21.2. The first kappa shape index (κ1) is 22.6. The first-order chi connectivity index (χ1) is 17.5. The molecule has 4 bridgehead atoms. The molecule has 190 valence electrons. The van der Waals surface area contributed by atoms with Crippen molar-refractivity contribution in [2.45, 2.75) is 88.3 Å². The van der Waals surface area contributed by atoms with Gasteiger partial charge in [0.15, 0.2) is 0 Å². The molecule has 6 aliphatic carbocycles. The molecule has 8 rings (SSSR count). The van der Waals surface area contributed by atoms with Crippen LogP contribution in [-0.4, -0.2) is 28.3 Å². The molecule has 0 saturated heterocycles. The lowest BCUT2D eigenvalue weighted by Crippen LogP contribution is -2.68. The van der Waals surface area contributed by atoms with E-state index < -0.39 is 5.54 Å². The summed E-state index contributed by atoms with van der Waals surface area (Å²) in [4.78, 5) is 29.0. The molecule has 2 amide bonds. The van der Waals surface area contributed by atoms with Crippen LogP contribution in [0.3, 0.4) is 0 Å². The summed E-state index contributed by atoms with van der Waals surface area (Å²) in [6, 6.07) is 12.5. The summed E-state index contributed by atoms with van der Waals surface area (Å²) < 4.78 is 5.64. The summed E-state index contributed by atoms with van der Waals surface area (Å²) in [6.45, 7) is 0.346. The Bertz CT molecular complexity index is 1110. The Morgan fingerprint density at radius 2 is 1.61 bits per heavy atom. The number of amides is 2. The second kappa shape index (κ2) is 8.49. The van der Waals surface area contributed by atoms with Crippen LogP contribution in [-0.2, 0) is 29.0 Å². The van der Waals surface area contributed by atoms with Gasteiger partial charge in [0.1, 0.15) is 11.3 Å². The summed E-state index contributed by atoms with van der Waals surface area (Å²) in [7, 11) is 0. The van der Waals surface area contributed by atoms with Gasteiger partial charge in [-0.25, -0.2) is 0 Å². The van der Waals surface area contributed by atoms with Crippen molar-refractivity contribution in [3.8, 4) is 0 Å². The lowest BCUT2D eigenvalue weighted by atomic mass is 9.52. The maximum Gasteiger partial charge on any atom is 0.246 e. The van der Waals surface area contributed by atoms with E-state index in [-0.39, 0.29) is 11.4 Å². The van der Waals surface area contributed by atoms with Crippen LogP contribution in [0.15, 0.2) is 47.1 Å². The highest BCUT2D eigenvalue weighted by atomic mass is 16.3. The van der Waals surface area contributed by atoms with Gasteiger partial charge in [0, 0.05) is 5.54 Å². The predicted octanol–water partition coefficient (Wildman–Crippen LogP) is 5.28. The molecule has 2 aromatic rings. The standard InChI is InChI=1S/C31H38N2O3/c34-20-33(19-28-6-3-9-36-28)31(8-7-26-13-24-4-1-2-5-25(24)14-27(26)18-31)29(35)32-30-15-21-10-22(16-30)12-23(11-21)17-30/h1-6,9,20-23,26-27H,7-8,10-19H2,(H,32,35)/t21?,22?,23?,26-,27-,30?,31+/m0/s1. The van der Waals surface area contributed by atoms with Crippen LogP contribution in [0.1, 0.15) is 74.7 Å². The molecule has 0 spiro atoms. The molecular formula is C31H38N2O3. The van der Waals surface area contributed by atoms with E-state index in [1.165, 1.54) is 30.4 Å². The highest BCUT2D eigenvalue weighted by Crippen LogP contribution is 2.56. The third-order valence-electron chi connectivity index (χ3n) is 10.7. The van der Waals surface area contributed by atoms with Crippen molar-refractivity contribution in [3.63, 3.8) is 0 Å². The fourth-order valence-electron chi connectivity index (χ4n) is 9.47. The Labute approximate surface area is 214 Å². The van der Waals surface area contributed by atoms with Crippen LogP contribution in [0.2, 0.25) is 0 Å². The normalized spacial score (nSPS) is 38.2. The molecule has 0 radical (unpaired) electrons. The number of carbonyl (C=O) groups is 2. The molecule has 36 heavy (non-hydrogen) atoms. The zero-order valence-electron chi connectivity index (χ0n) is 21.2. The van der Waals surface area contributed by atoms with Crippen LogP contribution in [0, 0.1) is 29.6 Å². The third kappa shape index (κ3) is 3.72. The molecule has 5 fully saturated rings. The summed E-state index contributed by atoms with van der Waals surface area (Å²) in [5.74, 6) is 4.13. The van der Waals surface area contributed by atoms with Crippen LogP contribution in [0.25, 0.3) is 0 Å². The lowest BCUT2D eigenvalue weighted by molar-refractivity contribution is -0.151. The van der Waals surface area contributed by atoms with Gasteiger partial charge in [-0.3, -0.25) is 9.59 Å². The minimum absolute atomic E-state index is 0.0614. The van der Waals surface area contributed by atoms with E-state index in [1.807, 2.05) is 12.1 Å². The number of furan rings is 1. The number of fused-ring (bicyclic) bond motifs is 2. The van der Waals surface area contributed by atoms with Crippen LogP contribution >= 0.6 is 0 Å². The molecule has 5 nitrogen and oxygen atoms in total. The molecule has 1 N–H and O–H groups in total. The summed E-state index contributed by atoms with van der Waals surface area (Å²) in [5.41, 5.74) is 2.01. The number of hydrogen-bond donors (Lipinski definition) is 1. The van der Waals surface area contributed by atoms with Gasteiger partial charge in [0.25, 0.3) is 0 Å². The predicted molar refractivity (Wildman–Crippen MR) is 137 cm³/mol. The van der Waals surface area contributed by atoms with Crippen molar-refractivity contribution in [2.75, 3.05) is 0 Å². The van der Waals surface area contributed by atoms with Crippen molar-refractivity contribution in [1.29, 1.82) is 0 Å². The Balaban J connectivity index is 1.20. The Hall–Kier alpha value is -2.56. The fraction of sp³-hybridized carbons (Fsp3) is 0.613. The Morgan fingerprint density at radius 1 is 0.944 bits per heavy atom. The zero-order chi connectivity index (χ0) is 24.3. The van der Waals surface area contributed by atoms with Gasteiger partial charge in [-0.1, -0.05) is 24.3 Å². The average molecular weight is 487 g/mol. The van der Waals surface area contributed by atoms with Gasteiger partial charge in [0.2, 0.25) is 12.3 Å². The smallest absolute Gasteiger partial charge is 0.246 e. The van der Waals surface area contributed by atoms with Gasteiger partial charge in [-0.05, 0) is 123 Å². The highest BCUT2D eigenvalue weighted by molar-refractivity contribution is 5.89. The minimum Gasteiger partial charge on any atom is -0.467 e. The van der Waals surface area contributed by atoms with Crippen molar-refractivity contribution in [3.05, 3.63) is 59.5 Å². The van der Waals surface area contributed by atoms with Crippen molar-refractivity contribution < 1.29 is 14.0 Å². The Kier molecular flexibility index (Phi) is 5.34. The monoisotopic (exact) mass is 486 g/mol. The molecule has 3 atom stereocenters. The molecular weight excluding hydrogens is 448 g/mol. The Morgan fingerprint density at radius 3 is 2.22 bits per heavy atom. The average Bonchev–Trinajstić information content (AvgIpc) is 3.38. The van der Waals surface area contributed by atoms with Gasteiger partial charge < -0.3 is 14.6 Å². The van der Waals surface area contributed by atoms with E-state index in [4.69, 9.17) is 4.42 Å². The lowest BCUT2D eigenvalue weighted by Gasteiger charge is -2.58. The molecule has 0 aliphatic heterocycles. The first-order valence-electron chi connectivity index (χ1n) is 14.2. The summed E-state index contributed by atoms with van der Waals surface area (Å²) >= 11 is 0. The van der Waals surface area contributed by atoms with Gasteiger partial charge in [-0.2, -0.15) is 0 Å². The van der Waals surface area contributed by atoms with Gasteiger partial charge >= 0.3 is 0 Å². The number of benzene rings is 1. The first-order valence-corrected chi connectivity index (χ1v) is 14.2. The van der Waals surface area contributed by atoms with E-state index in [0.29, 0.717) is 18.4 Å². The van der Waals surface area contributed by atoms with Gasteiger partial charge in [-0.15, -0.1) is 0 Å². The largest absolute Gasteiger partial charge is 0.467 e. The number of nitrogens with zero attached hydrogens (tertiary/aromatic N) is 1.